The molecule has 5 heteroatoms. The molecule has 0 saturated carbocycles. The summed E-state index contributed by atoms with van der Waals surface area (Å²) in [6.07, 6.45) is 3.25. The number of piperidine rings is 1. The lowest BCUT2D eigenvalue weighted by molar-refractivity contribution is 0.126. The van der Waals surface area contributed by atoms with E-state index in [0.717, 1.165) is 13.0 Å². The third kappa shape index (κ3) is 6.57. The van der Waals surface area contributed by atoms with E-state index in [0.29, 0.717) is 12.6 Å². The highest BCUT2D eigenvalue weighted by molar-refractivity contribution is 5.85. The fourth-order valence-corrected chi connectivity index (χ4v) is 1.52. The highest BCUT2D eigenvalue weighted by atomic mass is 35.5. The van der Waals surface area contributed by atoms with Gasteiger partial charge in [0.15, 0.2) is 0 Å². The number of hydrogen-bond donors (Lipinski definition) is 2. The first-order valence-electron chi connectivity index (χ1n) is 5.35. The molecule has 0 radical (unpaired) electrons. The van der Waals surface area contributed by atoms with E-state index in [9.17, 15) is 4.79 Å². The molecule has 1 rings (SSSR count). The minimum absolute atomic E-state index is 0. The number of carbonyl (C=O) groups excluding carboxylic acids is 1. The molecule has 1 amide bonds. The fraction of sp³-hybridized carbons (Fsp3) is 0.900. The number of ether oxygens (including phenoxy) is 1. The Bertz CT molecular complexity index is 182. The van der Waals surface area contributed by atoms with E-state index in [4.69, 9.17) is 4.74 Å². The molecule has 1 saturated heterocycles. The van der Waals surface area contributed by atoms with E-state index in [2.05, 4.69) is 10.6 Å². The number of amides is 1. The molecular formula is C10H21ClN2O2. The van der Waals surface area contributed by atoms with Crippen LogP contribution >= 0.6 is 12.4 Å². The molecule has 15 heavy (non-hydrogen) atoms. The topological polar surface area (TPSA) is 50.4 Å². The van der Waals surface area contributed by atoms with Gasteiger partial charge in [-0.05, 0) is 33.2 Å². The van der Waals surface area contributed by atoms with E-state index >= 15 is 0 Å². The molecule has 1 aliphatic rings. The molecule has 0 spiro atoms. The Labute approximate surface area is 97.5 Å². The van der Waals surface area contributed by atoms with Gasteiger partial charge in [-0.15, -0.1) is 12.4 Å². The van der Waals surface area contributed by atoms with Gasteiger partial charge in [0, 0.05) is 12.1 Å². The van der Waals surface area contributed by atoms with Gasteiger partial charge in [0.2, 0.25) is 0 Å². The second-order valence-corrected chi connectivity index (χ2v) is 4.04. The second-order valence-electron chi connectivity index (χ2n) is 4.04. The van der Waals surface area contributed by atoms with Gasteiger partial charge in [0.05, 0.1) is 0 Å². The van der Waals surface area contributed by atoms with Gasteiger partial charge < -0.3 is 15.4 Å². The Morgan fingerprint density at radius 3 is 2.80 bits per heavy atom. The van der Waals surface area contributed by atoms with Crippen LogP contribution in [0.15, 0.2) is 0 Å². The first kappa shape index (κ1) is 14.5. The summed E-state index contributed by atoms with van der Waals surface area (Å²) >= 11 is 0. The average Bonchev–Trinajstić information content (AvgIpc) is 2.15. The Hall–Kier alpha value is -0.480. The van der Waals surface area contributed by atoms with Crippen molar-refractivity contribution in [2.75, 3.05) is 13.2 Å². The Kier molecular flexibility index (Phi) is 7.52. The van der Waals surface area contributed by atoms with E-state index in [-0.39, 0.29) is 24.5 Å². The van der Waals surface area contributed by atoms with Gasteiger partial charge in [-0.2, -0.15) is 0 Å². The normalized spacial score (nSPS) is 20.6. The monoisotopic (exact) mass is 236 g/mol. The van der Waals surface area contributed by atoms with Crippen molar-refractivity contribution in [1.82, 2.24) is 10.6 Å². The van der Waals surface area contributed by atoms with Crippen molar-refractivity contribution in [2.24, 2.45) is 0 Å². The molecule has 1 aliphatic heterocycles. The van der Waals surface area contributed by atoms with Gasteiger partial charge in [0.25, 0.3) is 0 Å². The average molecular weight is 237 g/mol. The van der Waals surface area contributed by atoms with Crippen molar-refractivity contribution in [3.05, 3.63) is 0 Å². The molecule has 0 aromatic carbocycles. The first-order valence-corrected chi connectivity index (χ1v) is 5.35. The lowest BCUT2D eigenvalue weighted by Crippen LogP contribution is -2.40. The number of rotatable bonds is 3. The molecule has 0 aromatic heterocycles. The molecule has 1 atom stereocenters. The third-order valence-corrected chi connectivity index (χ3v) is 2.23. The zero-order valence-electron chi connectivity index (χ0n) is 9.41. The van der Waals surface area contributed by atoms with Crippen molar-refractivity contribution in [3.8, 4) is 0 Å². The summed E-state index contributed by atoms with van der Waals surface area (Å²) < 4.78 is 5.08. The third-order valence-electron chi connectivity index (χ3n) is 2.23. The Morgan fingerprint density at radius 1 is 1.53 bits per heavy atom. The Balaban J connectivity index is 0.00000196. The van der Waals surface area contributed by atoms with Gasteiger partial charge in [-0.3, -0.25) is 0 Å². The maximum absolute atomic E-state index is 11.1. The van der Waals surface area contributed by atoms with Gasteiger partial charge in [0.1, 0.15) is 6.61 Å². The predicted molar refractivity (Wildman–Crippen MR) is 62.5 cm³/mol. The number of carbonyl (C=O) groups is 1. The molecular weight excluding hydrogens is 216 g/mol. The number of halogens is 1. The zero-order chi connectivity index (χ0) is 10.4. The standard InChI is InChI=1S/C10H20N2O2.ClH/c1-8(2)12-10(13)14-7-9-5-3-4-6-11-9;/h8-9,11H,3-7H2,1-2H3,(H,12,13);1H. The molecule has 0 aromatic rings. The zero-order valence-corrected chi connectivity index (χ0v) is 10.2. The quantitative estimate of drug-likeness (QED) is 0.784. The molecule has 0 bridgehead atoms. The van der Waals surface area contributed by atoms with E-state index in [1.54, 1.807) is 0 Å². The minimum Gasteiger partial charge on any atom is -0.448 e. The van der Waals surface area contributed by atoms with Gasteiger partial charge in [-0.25, -0.2) is 4.79 Å². The van der Waals surface area contributed by atoms with Crippen molar-refractivity contribution in [3.63, 3.8) is 0 Å². The molecule has 1 unspecified atom stereocenters. The molecule has 90 valence electrons. The van der Waals surface area contributed by atoms with Crippen LogP contribution in [-0.4, -0.2) is 31.3 Å². The van der Waals surface area contributed by atoms with Crippen LogP contribution in [0.2, 0.25) is 0 Å². The molecule has 1 fully saturated rings. The number of alkyl carbamates (subject to hydrolysis) is 1. The maximum atomic E-state index is 11.1. The summed E-state index contributed by atoms with van der Waals surface area (Å²) in [4.78, 5) is 11.1. The Morgan fingerprint density at radius 2 is 2.27 bits per heavy atom. The summed E-state index contributed by atoms with van der Waals surface area (Å²) in [5, 5.41) is 6.02. The highest BCUT2D eigenvalue weighted by Gasteiger charge is 2.14. The van der Waals surface area contributed by atoms with Crippen molar-refractivity contribution in [2.45, 2.75) is 45.2 Å². The van der Waals surface area contributed by atoms with Crippen molar-refractivity contribution >= 4 is 18.5 Å². The van der Waals surface area contributed by atoms with Crippen molar-refractivity contribution in [1.29, 1.82) is 0 Å². The number of hydrogen-bond acceptors (Lipinski definition) is 3. The van der Waals surface area contributed by atoms with Crippen LogP contribution in [0.4, 0.5) is 4.79 Å². The van der Waals surface area contributed by atoms with E-state index in [1.807, 2.05) is 13.8 Å². The summed E-state index contributed by atoms with van der Waals surface area (Å²) in [5.41, 5.74) is 0. The van der Waals surface area contributed by atoms with Gasteiger partial charge in [-0.1, -0.05) is 6.42 Å². The van der Waals surface area contributed by atoms with Crippen LogP contribution < -0.4 is 10.6 Å². The van der Waals surface area contributed by atoms with Gasteiger partial charge >= 0.3 is 6.09 Å². The lowest BCUT2D eigenvalue weighted by Gasteiger charge is -2.23. The van der Waals surface area contributed by atoms with E-state index in [1.165, 1.54) is 12.8 Å². The molecule has 1 heterocycles. The summed E-state index contributed by atoms with van der Waals surface area (Å²) in [5.74, 6) is 0. The summed E-state index contributed by atoms with van der Waals surface area (Å²) in [6, 6.07) is 0.489. The smallest absolute Gasteiger partial charge is 0.407 e. The first-order chi connectivity index (χ1) is 6.68. The van der Waals surface area contributed by atoms with E-state index < -0.39 is 0 Å². The maximum Gasteiger partial charge on any atom is 0.407 e. The SMILES string of the molecule is CC(C)NC(=O)OCC1CCCCN1.Cl. The van der Waals surface area contributed by atoms with Crippen molar-refractivity contribution < 1.29 is 9.53 Å². The molecule has 2 N–H and O–H groups in total. The van der Waals surface area contributed by atoms with Crippen LogP contribution in [0.25, 0.3) is 0 Å². The minimum atomic E-state index is -0.313. The highest BCUT2D eigenvalue weighted by Crippen LogP contribution is 2.06. The van der Waals surface area contributed by atoms with Crippen LogP contribution in [0.1, 0.15) is 33.1 Å². The molecule has 0 aliphatic carbocycles. The molecule has 4 nitrogen and oxygen atoms in total. The summed E-state index contributed by atoms with van der Waals surface area (Å²) in [7, 11) is 0. The van der Waals surface area contributed by atoms with Crippen LogP contribution in [-0.2, 0) is 4.74 Å². The van der Waals surface area contributed by atoms with Crippen LogP contribution in [0, 0.1) is 0 Å². The van der Waals surface area contributed by atoms with Crippen LogP contribution in [0.5, 0.6) is 0 Å². The lowest BCUT2D eigenvalue weighted by atomic mass is 10.1. The summed E-state index contributed by atoms with van der Waals surface area (Å²) in [6.45, 7) is 5.36. The fourth-order valence-electron chi connectivity index (χ4n) is 1.52. The number of nitrogens with one attached hydrogen (secondary N) is 2. The van der Waals surface area contributed by atoms with Crippen LogP contribution in [0.3, 0.4) is 0 Å². The largest absolute Gasteiger partial charge is 0.448 e. The second kappa shape index (κ2) is 7.77. The predicted octanol–water partition coefficient (Wildman–Crippen LogP) is 1.68.